The van der Waals surface area contributed by atoms with E-state index in [2.05, 4.69) is 20.8 Å². The van der Waals surface area contributed by atoms with Gasteiger partial charge in [-0.1, -0.05) is 19.9 Å². The van der Waals surface area contributed by atoms with E-state index < -0.39 is 5.97 Å². The standard InChI is InChI=1S/C14H20O3/c1-13(2)8-5-9-14(3)11(13)7-6-10(17-14)12(15)16-4/h6-7H,5,8-9H2,1-4H3/t14-/m0/s1. The molecule has 0 radical (unpaired) electrons. The Morgan fingerprint density at radius 2 is 2.00 bits per heavy atom. The van der Waals surface area contributed by atoms with Crippen LogP contribution >= 0.6 is 0 Å². The van der Waals surface area contributed by atoms with Crippen molar-refractivity contribution in [2.45, 2.75) is 45.6 Å². The monoisotopic (exact) mass is 236 g/mol. The highest BCUT2D eigenvalue weighted by atomic mass is 16.6. The van der Waals surface area contributed by atoms with Crippen LogP contribution in [0.5, 0.6) is 0 Å². The Kier molecular flexibility index (Phi) is 2.80. The molecule has 0 saturated heterocycles. The van der Waals surface area contributed by atoms with Crippen molar-refractivity contribution in [3.8, 4) is 0 Å². The summed E-state index contributed by atoms with van der Waals surface area (Å²) in [5.41, 5.74) is 1.08. The van der Waals surface area contributed by atoms with Crippen LogP contribution in [0.1, 0.15) is 40.0 Å². The minimum Gasteiger partial charge on any atom is -0.476 e. The van der Waals surface area contributed by atoms with Gasteiger partial charge in [0.25, 0.3) is 0 Å². The highest BCUT2D eigenvalue weighted by Crippen LogP contribution is 2.49. The average molecular weight is 236 g/mol. The van der Waals surface area contributed by atoms with Crippen molar-refractivity contribution in [1.29, 1.82) is 0 Å². The molecule has 2 rings (SSSR count). The summed E-state index contributed by atoms with van der Waals surface area (Å²) in [6.07, 6.45) is 7.01. The quantitative estimate of drug-likeness (QED) is 0.657. The molecule has 1 fully saturated rings. The number of hydrogen-bond donors (Lipinski definition) is 0. The van der Waals surface area contributed by atoms with Crippen molar-refractivity contribution in [2.24, 2.45) is 5.41 Å². The van der Waals surface area contributed by atoms with Crippen molar-refractivity contribution in [3.63, 3.8) is 0 Å². The number of methoxy groups -OCH3 is 1. The molecule has 1 heterocycles. The van der Waals surface area contributed by atoms with E-state index in [0.29, 0.717) is 5.76 Å². The average Bonchev–Trinajstić information content (AvgIpc) is 2.26. The SMILES string of the molecule is COC(=O)C1=CC=C2C(C)(C)CCC[C@]2(C)O1. The highest BCUT2D eigenvalue weighted by Gasteiger charge is 2.45. The number of ether oxygens (including phenoxy) is 2. The molecule has 0 N–H and O–H groups in total. The van der Waals surface area contributed by atoms with Crippen molar-refractivity contribution < 1.29 is 14.3 Å². The summed E-state index contributed by atoms with van der Waals surface area (Å²) in [5.74, 6) is -0.0821. The Balaban J connectivity index is 2.37. The van der Waals surface area contributed by atoms with Crippen LogP contribution in [0, 0.1) is 5.41 Å². The lowest BCUT2D eigenvalue weighted by molar-refractivity contribution is -0.143. The number of esters is 1. The number of carbonyl (C=O) groups is 1. The molecule has 0 aromatic heterocycles. The maximum absolute atomic E-state index is 11.5. The van der Waals surface area contributed by atoms with Crippen LogP contribution in [0.4, 0.5) is 0 Å². The van der Waals surface area contributed by atoms with Crippen LogP contribution in [0.3, 0.4) is 0 Å². The molecule has 2 aliphatic rings. The summed E-state index contributed by atoms with van der Waals surface area (Å²) in [6, 6.07) is 0. The first-order valence-electron chi connectivity index (χ1n) is 6.09. The number of allylic oxidation sites excluding steroid dienone is 2. The molecule has 0 amide bonds. The lowest BCUT2D eigenvalue weighted by Crippen LogP contribution is -2.43. The van der Waals surface area contributed by atoms with Gasteiger partial charge in [0, 0.05) is 0 Å². The van der Waals surface area contributed by atoms with E-state index in [9.17, 15) is 4.79 Å². The van der Waals surface area contributed by atoms with Crippen LogP contribution in [0.2, 0.25) is 0 Å². The van der Waals surface area contributed by atoms with Gasteiger partial charge in [-0.15, -0.1) is 0 Å². The molecule has 1 atom stereocenters. The van der Waals surface area contributed by atoms with E-state index in [4.69, 9.17) is 9.47 Å². The fraction of sp³-hybridized carbons (Fsp3) is 0.643. The molecule has 1 aliphatic heterocycles. The lowest BCUT2D eigenvalue weighted by atomic mass is 9.65. The molecule has 17 heavy (non-hydrogen) atoms. The highest BCUT2D eigenvalue weighted by molar-refractivity contribution is 5.87. The summed E-state index contributed by atoms with van der Waals surface area (Å²) < 4.78 is 10.6. The van der Waals surface area contributed by atoms with E-state index in [1.54, 1.807) is 6.08 Å². The van der Waals surface area contributed by atoms with Crippen LogP contribution in [-0.4, -0.2) is 18.7 Å². The molecule has 0 unspecified atom stereocenters. The number of rotatable bonds is 1. The number of hydrogen-bond acceptors (Lipinski definition) is 3. The Morgan fingerprint density at radius 1 is 1.29 bits per heavy atom. The second-order valence-corrected chi connectivity index (χ2v) is 5.67. The van der Waals surface area contributed by atoms with Crippen molar-refractivity contribution >= 4 is 5.97 Å². The first-order chi connectivity index (χ1) is 7.89. The predicted molar refractivity (Wildman–Crippen MR) is 65.3 cm³/mol. The molecule has 94 valence electrons. The van der Waals surface area contributed by atoms with E-state index >= 15 is 0 Å². The van der Waals surface area contributed by atoms with E-state index in [1.165, 1.54) is 19.1 Å². The molecular weight excluding hydrogens is 216 g/mol. The normalized spacial score (nSPS) is 30.6. The zero-order valence-electron chi connectivity index (χ0n) is 11.0. The smallest absolute Gasteiger partial charge is 0.373 e. The van der Waals surface area contributed by atoms with Gasteiger partial charge < -0.3 is 9.47 Å². The van der Waals surface area contributed by atoms with Crippen molar-refractivity contribution in [2.75, 3.05) is 7.11 Å². The fourth-order valence-corrected chi connectivity index (χ4v) is 3.01. The molecule has 0 bridgehead atoms. The first kappa shape index (κ1) is 12.2. The summed E-state index contributed by atoms with van der Waals surface area (Å²) in [4.78, 5) is 11.5. The molecular formula is C14H20O3. The maximum Gasteiger partial charge on any atom is 0.373 e. The molecule has 0 spiro atoms. The van der Waals surface area contributed by atoms with Gasteiger partial charge in [-0.25, -0.2) is 4.79 Å². The molecule has 1 saturated carbocycles. The van der Waals surface area contributed by atoms with Crippen LogP contribution in [-0.2, 0) is 14.3 Å². The van der Waals surface area contributed by atoms with Crippen LogP contribution in [0.15, 0.2) is 23.5 Å². The van der Waals surface area contributed by atoms with Gasteiger partial charge in [0.2, 0.25) is 5.76 Å². The summed E-state index contributed by atoms with van der Waals surface area (Å²) in [6.45, 7) is 6.53. The van der Waals surface area contributed by atoms with E-state index in [0.717, 1.165) is 12.8 Å². The third-order valence-electron chi connectivity index (χ3n) is 3.88. The summed E-state index contributed by atoms with van der Waals surface area (Å²) in [5, 5.41) is 0. The lowest BCUT2D eigenvalue weighted by Gasteiger charge is -2.47. The second kappa shape index (κ2) is 3.90. The van der Waals surface area contributed by atoms with E-state index in [-0.39, 0.29) is 11.0 Å². The van der Waals surface area contributed by atoms with Crippen molar-refractivity contribution in [3.05, 3.63) is 23.5 Å². The van der Waals surface area contributed by atoms with Crippen LogP contribution < -0.4 is 0 Å². The fourth-order valence-electron chi connectivity index (χ4n) is 3.01. The molecule has 3 nitrogen and oxygen atoms in total. The van der Waals surface area contributed by atoms with Gasteiger partial charge >= 0.3 is 5.97 Å². The van der Waals surface area contributed by atoms with Gasteiger partial charge in [0.05, 0.1) is 7.11 Å². The molecule has 0 aromatic rings. The second-order valence-electron chi connectivity index (χ2n) is 5.67. The number of fused-ring (bicyclic) bond motifs is 1. The number of carbonyl (C=O) groups excluding carboxylic acids is 1. The van der Waals surface area contributed by atoms with Gasteiger partial charge in [0.15, 0.2) is 0 Å². The Bertz CT molecular complexity index is 404. The molecule has 1 aliphatic carbocycles. The predicted octanol–water partition coefficient (Wildman–Crippen LogP) is 2.97. The first-order valence-corrected chi connectivity index (χ1v) is 6.09. The Hall–Kier alpha value is -1.25. The van der Waals surface area contributed by atoms with E-state index in [1.807, 2.05) is 6.08 Å². The minimum atomic E-state index is -0.398. The topological polar surface area (TPSA) is 35.5 Å². The summed E-state index contributed by atoms with van der Waals surface area (Å²) >= 11 is 0. The Labute approximate surface area is 102 Å². The minimum absolute atomic E-state index is 0.144. The third-order valence-corrected chi connectivity index (χ3v) is 3.88. The third kappa shape index (κ3) is 1.99. The zero-order chi connectivity index (χ0) is 12.7. The van der Waals surface area contributed by atoms with Crippen LogP contribution in [0.25, 0.3) is 0 Å². The summed E-state index contributed by atoms with van der Waals surface area (Å²) in [7, 11) is 1.37. The van der Waals surface area contributed by atoms with Gasteiger partial charge in [-0.05, 0) is 43.3 Å². The largest absolute Gasteiger partial charge is 0.476 e. The molecule has 0 aromatic carbocycles. The van der Waals surface area contributed by atoms with Gasteiger partial charge in [-0.3, -0.25) is 0 Å². The van der Waals surface area contributed by atoms with Gasteiger partial charge in [-0.2, -0.15) is 0 Å². The Morgan fingerprint density at radius 3 is 2.65 bits per heavy atom. The zero-order valence-corrected chi connectivity index (χ0v) is 11.0. The molecule has 3 heteroatoms. The van der Waals surface area contributed by atoms with Gasteiger partial charge in [0.1, 0.15) is 5.60 Å². The van der Waals surface area contributed by atoms with Crippen molar-refractivity contribution in [1.82, 2.24) is 0 Å². The maximum atomic E-state index is 11.5.